The molecule has 0 saturated carbocycles. The maximum Gasteiger partial charge on any atom is 0.355 e. The molecule has 7 heteroatoms. The SMILES string of the molecule is CCOC(=O)c1[nH]c(C)c(CN(Cc2ccc(C)cc2)S(=O)(=O)c2ccc(CC)cc2)c1C. The van der Waals surface area contributed by atoms with Gasteiger partial charge >= 0.3 is 5.97 Å². The summed E-state index contributed by atoms with van der Waals surface area (Å²) in [5, 5.41) is 0. The molecule has 3 rings (SSSR count). The Kier molecular flexibility index (Phi) is 7.76. The van der Waals surface area contributed by atoms with Gasteiger partial charge in [0.05, 0.1) is 11.5 Å². The Labute approximate surface area is 196 Å². The van der Waals surface area contributed by atoms with Gasteiger partial charge in [0.1, 0.15) is 5.69 Å². The van der Waals surface area contributed by atoms with Crippen molar-refractivity contribution in [3.63, 3.8) is 0 Å². The third-order valence-corrected chi connectivity index (χ3v) is 7.66. The highest BCUT2D eigenvalue weighted by Gasteiger charge is 2.28. The normalized spacial score (nSPS) is 11.7. The maximum absolute atomic E-state index is 13.7. The van der Waals surface area contributed by atoms with Gasteiger partial charge in [0.25, 0.3) is 0 Å². The number of H-pyrrole nitrogens is 1. The first-order valence-corrected chi connectivity index (χ1v) is 12.6. The Bertz CT molecular complexity index is 1210. The molecule has 3 aromatic rings. The summed E-state index contributed by atoms with van der Waals surface area (Å²) in [6.45, 7) is 10.1. The van der Waals surface area contributed by atoms with Crippen LogP contribution < -0.4 is 0 Å². The fourth-order valence-electron chi connectivity index (χ4n) is 3.78. The van der Waals surface area contributed by atoms with Gasteiger partial charge in [-0.3, -0.25) is 0 Å². The predicted molar refractivity (Wildman–Crippen MR) is 130 cm³/mol. The summed E-state index contributed by atoms with van der Waals surface area (Å²) in [6.07, 6.45) is 0.839. The lowest BCUT2D eigenvalue weighted by atomic mass is 10.1. The number of benzene rings is 2. The predicted octanol–water partition coefficient (Wildman–Crippen LogP) is 5.07. The fourth-order valence-corrected chi connectivity index (χ4v) is 5.18. The van der Waals surface area contributed by atoms with Crippen LogP contribution in [0.3, 0.4) is 0 Å². The van der Waals surface area contributed by atoms with E-state index in [0.717, 1.165) is 34.4 Å². The van der Waals surface area contributed by atoms with Crippen molar-refractivity contribution in [2.45, 2.75) is 59.0 Å². The number of carbonyl (C=O) groups excluding carboxylic acids is 1. The molecule has 0 spiro atoms. The van der Waals surface area contributed by atoms with Crippen LogP contribution in [0.25, 0.3) is 0 Å². The number of hydrogen-bond acceptors (Lipinski definition) is 4. The quantitative estimate of drug-likeness (QED) is 0.445. The van der Waals surface area contributed by atoms with Crippen LogP contribution in [0.4, 0.5) is 0 Å². The van der Waals surface area contributed by atoms with Gasteiger partial charge in [0.15, 0.2) is 0 Å². The highest BCUT2D eigenvalue weighted by molar-refractivity contribution is 7.89. The fraction of sp³-hybridized carbons (Fsp3) is 0.346. The standard InChI is InChI=1S/C26H32N2O4S/c1-6-21-12-14-23(15-13-21)33(30,31)28(16-22-10-8-18(3)9-11-22)17-24-19(4)25(27-20(24)5)26(29)32-7-2/h8-15,27H,6-7,16-17H2,1-5H3. The molecule has 0 bridgehead atoms. The summed E-state index contributed by atoms with van der Waals surface area (Å²) in [4.78, 5) is 15.7. The zero-order valence-electron chi connectivity index (χ0n) is 19.9. The molecule has 0 atom stereocenters. The van der Waals surface area contributed by atoms with E-state index in [1.54, 1.807) is 19.1 Å². The second-order valence-corrected chi connectivity index (χ2v) is 10.1. The average Bonchev–Trinajstić information content (AvgIpc) is 3.08. The number of esters is 1. The Hall–Kier alpha value is -2.90. The summed E-state index contributed by atoms with van der Waals surface area (Å²) in [5.74, 6) is -0.438. The van der Waals surface area contributed by atoms with E-state index >= 15 is 0 Å². The largest absolute Gasteiger partial charge is 0.461 e. The van der Waals surface area contributed by atoms with E-state index in [-0.39, 0.29) is 24.6 Å². The van der Waals surface area contributed by atoms with E-state index in [4.69, 9.17) is 4.74 Å². The molecule has 33 heavy (non-hydrogen) atoms. The molecular formula is C26H32N2O4S. The number of nitrogens with one attached hydrogen (secondary N) is 1. The molecule has 0 fully saturated rings. The zero-order chi connectivity index (χ0) is 24.2. The summed E-state index contributed by atoms with van der Waals surface area (Å²) in [7, 11) is -3.78. The first-order valence-electron chi connectivity index (χ1n) is 11.2. The van der Waals surface area contributed by atoms with E-state index in [2.05, 4.69) is 4.98 Å². The van der Waals surface area contributed by atoms with Crippen molar-refractivity contribution >= 4 is 16.0 Å². The average molecular weight is 469 g/mol. The third kappa shape index (κ3) is 5.54. The molecular weight excluding hydrogens is 436 g/mol. The van der Waals surface area contributed by atoms with Crippen LogP contribution in [-0.4, -0.2) is 30.3 Å². The molecule has 0 aliphatic rings. The van der Waals surface area contributed by atoms with E-state index < -0.39 is 16.0 Å². The molecule has 1 N–H and O–H groups in total. The highest BCUT2D eigenvalue weighted by atomic mass is 32.2. The van der Waals surface area contributed by atoms with Crippen LogP contribution in [-0.2, 0) is 34.3 Å². The summed E-state index contributed by atoms with van der Waals surface area (Å²) < 4.78 is 34.0. The Morgan fingerprint density at radius 1 is 0.909 bits per heavy atom. The molecule has 1 heterocycles. The lowest BCUT2D eigenvalue weighted by Crippen LogP contribution is -2.30. The Morgan fingerprint density at radius 3 is 2.09 bits per heavy atom. The number of sulfonamides is 1. The van der Waals surface area contributed by atoms with Gasteiger partial charge in [-0.05, 0) is 68.5 Å². The lowest BCUT2D eigenvalue weighted by molar-refractivity contribution is 0.0519. The number of rotatable bonds is 9. The number of nitrogens with zero attached hydrogens (tertiary/aromatic N) is 1. The van der Waals surface area contributed by atoms with Crippen molar-refractivity contribution in [3.8, 4) is 0 Å². The van der Waals surface area contributed by atoms with Crippen molar-refractivity contribution < 1.29 is 17.9 Å². The summed E-state index contributed by atoms with van der Waals surface area (Å²) >= 11 is 0. The second kappa shape index (κ2) is 10.4. The van der Waals surface area contributed by atoms with Gasteiger partial charge in [0, 0.05) is 18.8 Å². The van der Waals surface area contributed by atoms with Crippen LogP contribution >= 0.6 is 0 Å². The minimum Gasteiger partial charge on any atom is -0.461 e. The topological polar surface area (TPSA) is 79.5 Å². The van der Waals surface area contributed by atoms with E-state index in [1.165, 1.54) is 4.31 Å². The Balaban J connectivity index is 2.02. The van der Waals surface area contributed by atoms with E-state index in [9.17, 15) is 13.2 Å². The van der Waals surface area contributed by atoms with Crippen molar-refractivity contribution in [3.05, 3.63) is 87.7 Å². The van der Waals surface area contributed by atoms with Crippen LogP contribution in [0.2, 0.25) is 0 Å². The monoisotopic (exact) mass is 468 g/mol. The smallest absolute Gasteiger partial charge is 0.355 e. The Morgan fingerprint density at radius 2 is 1.52 bits per heavy atom. The van der Waals surface area contributed by atoms with Crippen molar-refractivity contribution in [2.75, 3.05) is 6.61 Å². The van der Waals surface area contributed by atoms with E-state index in [0.29, 0.717) is 11.3 Å². The molecule has 0 aliphatic heterocycles. The summed E-state index contributed by atoms with van der Waals surface area (Å²) in [5.41, 5.74) is 5.68. The first kappa shape index (κ1) is 24.7. The van der Waals surface area contributed by atoms with Gasteiger partial charge in [-0.15, -0.1) is 0 Å². The summed E-state index contributed by atoms with van der Waals surface area (Å²) in [6, 6.07) is 14.9. The number of aromatic nitrogens is 1. The van der Waals surface area contributed by atoms with E-state index in [1.807, 2.05) is 64.1 Å². The van der Waals surface area contributed by atoms with Gasteiger partial charge in [-0.2, -0.15) is 4.31 Å². The number of aromatic amines is 1. The molecule has 0 amide bonds. The maximum atomic E-state index is 13.7. The molecule has 0 aliphatic carbocycles. The molecule has 0 unspecified atom stereocenters. The zero-order valence-corrected chi connectivity index (χ0v) is 20.8. The highest BCUT2D eigenvalue weighted by Crippen LogP contribution is 2.26. The first-order chi connectivity index (χ1) is 15.7. The number of hydrogen-bond donors (Lipinski definition) is 1. The minimum absolute atomic E-state index is 0.138. The van der Waals surface area contributed by atoms with Crippen molar-refractivity contribution in [1.82, 2.24) is 9.29 Å². The second-order valence-electron chi connectivity index (χ2n) is 8.21. The van der Waals surface area contributed by atoms with Gasteiger partial charge in [-0.25, -0.2) is 13.2 Å². The van der Waals surface area contributed by atoms with Crippen LogP contribution in [0.15, 0.2) is 53.4 Å². The molecule has 0 saturated heterocycles. The number of carbonyl (C=O) groups is 1. The number of ether oxygens (including phenoxy) is 1. The molecule has 2 aromatic carbocycles. The lowest BCUT2D eigenvalue weighted by Gasteiger charge is -2.23. The van der Waals surface area contributed by atoms with Crippen LogP contribution in [0.1, 0.15) is 57.8 Å². The van der Waals surface area contributed by atoms with Gasteiger partial charge in [0.2, 0.25) is 10.0 Å². The van der Waals surface area contributed by atoms with Gasteiger partial charge in [-0.1, -0.05) is 48.9 Å². The minimum atomic E-state index is -3.78. The molecule has 176 valence electrons. The van der Waals surface area contributed by atoms with Crippen molar-refractivity contribution in [2.24, 2.45) is 0 Å². The van der Waals surface area contributed by atoms with Crippen LogP contribution in [0.5, 0.6) is 0 Å². The van der Waals surface area contributed by atoms with Crippen molar-refractivity contribution in [1.29, 1.82) is 0 Å². The number of aryl methyl sites for hydroxylation is 3. The molecule has 0 radical (unpaired) electrons. The molecule has 6 nitrogen and oxygen atoms in total. The third-order valence-electron chi connectivity index (χ3n) is 5.86. The molecule has 1 aromatic heterocycles. The van der Waals surface area contributed by atoms with Crippen LogP contribution in [0, 0.1) is 20.8 Å². The van der Waals surface area contributed by atoms with Gasteiger partial charge < -0.3 is 9.72 Å².